The van der Waals surface area contributed by atoms with Crippen LogP contribution in [-0.2, 0) is 0 Å². The largest absolute Gasteiger partial charge is 2.00 e. The summed E-state index contributed by atoms with van der Waals surface area (Å²) >= 11 is 0. The Morgan fingerprint density at radius 2 is 0.900 bits per heavy atom. The van der Waals surface area contributed by atoms with Gasteiger partial charge in [-0.15, -0.1) is 0 Å². The molecule has 0 saturated carbocycles. The van der Waals surface area contributed by atoms with Crippen LogP contribution < -0.4 is 0 Å². The third-order valence-corrected chi connectivity index (χ3v) is 0. The van der Waals surface area contributed by atoms with Crippen molar-refractivity contribution in [3.05, 3.63) is 0 Å². The van der Waals surface area contributed by atoms with E-state index in [1.54, 1.807) is 0 Å². The van der Waals surface area contributed by atoms with Crippen LogP contribution in [0.25, 0.3) is 0 Å². The summed E-state index contributed by atoms with van der Waals surface area (Å²) in [5.74, 6) is 0. The van der Waals surface area contributed by atoms with Crippen LogP contribution in [0.15, 0.2) is 0 Å². The first-order valence-electron chi connectivity index (χ1n) is 0.651. The third-order valence-electron chi connectivity index (χ3n) is 0. The SMILES string of the molecule is O.O.O.O.O=C(O)O.[H-].[H-].[H-].[H-].[Mg+2].[Mg+2]. The Kier molecular flexibility index (Phi) is 405. The van der Waals surface area contributed by atoms with Crippen molar-refractivity contribution >= 4 is 52.3 Å². The maximum Gasteiger partial charge on any atom is 2.00 e. The van der Waals surface area contributed by atoms with Crippen LogP contribution >= 0.6 is 0 Å². The van der Waals surface area contributed by atoms with Crippen LogP contribution in [0.2, 0.25) is 0 Å². The Bertz CT molecular complexity index is 46.7. The summed E-state index contributed by atoms with van der Waals surface area (Å²) in [6.45, 7) is 0. The normalized spacial score (nSPS) is 2.40. The Hall–Kier alpha value is 0.642. The Labute approximate surface area is 94.9 Å². The first-order valence-corrected chi connectivity index (χ1v) is 0.651. The van der Waals surface area contributed by atoms with Crippen molar-refractivity contribution < 1.29 is 42.6 Å². The topological polar surface area (TPSA) is 184 Å². The molecule has 7 nitrogen and oxygen atoms in total. The van der Waals surface area contributed by atoms with Crippen LogP contribution in [-0.4, -0.2) is 84.4 Å². The molecule has 0 amide bonds. The molecule has 0 aromatic carbocycles. The number of rotatable bonds is 0. The smallest absolute Gasteiger partial charge is 1.00 e. The molecule has 0 atom stereocenters. The molecule has 10 N–H and O–H groups in total. The average Bonchev–Trinajstić information content (AvgIpc) is 0.811. The van der Waals surface area contributed by atoms with Crippen LogP contribution in [0.4, 0.5) is 4.79 Å². The van der Waals surface area contributed by atoms with Gasteiger partial charge in [0.25, 0.3) is 0 Å². The molecule has 0 aromatic rings. The predicted octanol–water partition coefficient (Wildman–Crippen LogP) is -3.39. The molecule has 0 spiro atoms. The Morgan fingerprint density at radius 1 is 0.900 bits per heavy atom. The number of hydrogen-bond acceptors (Lipinski definition) is 1. The van der Waals surface area contributed by atoms with Crippen LogP contribution in [0, 0.1) is 0 Å². The van der Waals surface area contributed by atoms with E-state index < -0.39 is 6.16 Å². The summed E-state index contributed by atoms with van der Waals surface area (Å²) in [6.07, 6.45) is -1.83. The van der Waals surface area contributed by atoms with Gasteiger partial charge in [-0.3, -0.25) is 0 Å². The zero-order valence-corrected chi connectivity index (χ0v) is 8.05. The van der Waals surface area contributed by atoms with Gasteiger partial charge in [0, 0.05) is 0 Å². The van der Waals surface area contributed by atoms with Gasteiger partial charge >= 0.3 is 52.3 Å². The zero-order chi connectivity index (χ0) is 3.58. The van der Waals surface area contributed by atoms with Crippen LogP contribution in [0.3, 0.4) is 0 Å². The van der Waals surface area contributed by atoms with Gasteiger partial charge in [0.05, 0.1) is 0 Å². The van der Waals surface area contributed by atoms with E-state index in [4.69, 9.17) is 15.0 Å². The summed E-state index contributed by atoms with van der Waals surface area (Å²) in [5, 5.41) is 13.9. The minimum absolute atomic E-state index is 0. The minimum Gasteiger partial charge on any atom is -1.00 e. The van der Waals surface area contributed by atoms with Gasteiger partial charge in [-0.25, -0.2) is 4.79 Å². The quantitative estimate of drug-likeness (QED) is 0.375. The summed E-state index contributed by atoms with van der Waals surface area (Å²) in [6, 6.07) is 0. The molecular weight excluding hydrogens is 173 g/mol. The average molecular weight is 187 g/mol. The molecule has 0 unspecified atom stereocenters. The fourth-order valence-electron chi connectivity index (χ4n) is 0. The van der Waals surface area contributed by atoms with Crippen molar-refractivity contribution in [2.75, 3.05) is 0 Å². The molecule has 64 valence electrons. The molecule has 0 aromatic heterocycles. The summed E-state index contributed by atoms with van der Waals surface area (Å²) in [7, 11) is 0. The number of carboxylic acid groups (broad SMARTS) is 2. The van der Waals surface area contributed by atoms with Crippen molar-refractivity contribution in [3.63, 3.8) is 0 Å². The molecule has 0 radical (unpaired) electrons. The first-order chi connectivity index (χ1) is 1.73. The zero-order valence-electron chi connectivity index (χ0n) is 9.22. The van der Waals surface area contributed by atoms with Crippen molar-refractivity contribution in [1.82, 2.24) is 0 Å². The standard InChI is InChI=1S/CH2O3.2Mg.4H2O.4H/c2-1(3)4;;;;;;;;;;/h(H2,2,3,4);;;4*1H2;;;;/q;2*+2;;;;;4*-1. The van der Waals surface area contributed by atoms with Crippen LogP contribution in [0.5, 0.6) is 0 Å². The second-order valence-electron chi connectivity index (χ2n) is 0.283. The summed E-state index contributed by atoms with van der Waals surface area (Å²) < 4.78 is 0. The number of carbonyl (C=O) groups is 1. The van der Waals surface area contributed by atoms with E-state index in [0.29, 0.717) is 0 Å². The molecule has 0 aliphatic heterocycles. The van der Waals surface area contributed by atoms with Gasteiger partial charge in [-0.2, -0.15) is 0 Å². The molecular formula is CH14Mg2O7. The molecule has 10 heavy (non-hydrogen) atoms. The molecule has 9 heteroatoms. The number of hydrogen-bond donors (Lipinski definition) is 2. The van der Waals surface area contributed by atoms with Crippen molar-refractivity contribution in [2.45, 2.75) is 0 Å². The fourth-order valence-corrected chi connectivity index (χ4v) is 0. The third kappa shape index (κ3) is 1220. The van der Waals surface area contributed by atoms with Gasteiger partial charge in [-0.1, -0.05) is 0 Å². The molecule has 0 saturated heterocycles. The summed E-state index contributed by atoms with van der Waals surface area (Å²) in [5.41, 5.74) is 0. The van der Waals surface area contributed by atoms with E-state index >= 15 is 0 Å². The Morgan fingerprint density at radius 3 is 0.900 bits per heavy atom. The van der Waals surface area contributed by atoms with Gasteiger partial charge in [0.1, 0.15) is 0 Å². The van der Waals surface area contributed by atoms with E-state index in [-0.39, 0.29) is 73.7 Å². The van der Waals surface area contributed by atoms with Gasteiger partial charge in [-0.05, 0) is 0 Å². The van der Waals surface area contributed by atoms with Gasteiger partial charge < -0.3 is 37.8 Å². The van der Waals surface area contributed by atoms with E-state index in [1.807, 2.05) is 0 Å². The van der Waals surface area contributed by atoms with E-state index in [0.717, 1.165) is 0 Å². The second-order valence-corrected chi connectivity index (χ2v) is 0.283. The van der Waals surface area contributed by atoms with Gasteiger partial charge in [0.2, 0.25) is 0 Å². The fraction of sp³-hybridized carbons (Fsp3) is 0. The first kappa shape index (κ1) is 74.6. The van der Waals surface area contributed by atoms with Crippen molar-refractivity contribution in [1.29, 1.82) is 0 Å². The molecule has 0 heterocycles. The molecule has 0 fully saturated rings. The maximum atomic E-state index is 8.56. The summed E-state index contributed by atoms with van der Waals surface area (Å²) in [4.78, 5) is 8.56. The van der Waals surface area contributed by atoms with Crippen molar-refractivity contribution in [2.24, 2.45) is 0 Å². The van der Waals surface area contributed by atoms with E-state index in [2.05, 4.69) is 0 Å². The molecule has 0 aliphatic rings. The van der Waals surface area contributed by atoms with Crippen LogP contribution in [0.1, 0.15) is 5.71 Å². The van der Waals surface area contributed by atoms with E-state index in [9.17, 15) is 0 Å². The van der Waals surface area contributed by atoms with Crippen molar-refractivity contribution in [3.8, 4) is 0 Å². The Balaban J connectivity index is -0.000000001000. The molecule has 0 bridgehead atoms. The van der Waals surface area contributed by atoms with E-state index in [1.165, 1.54) is 0 Å². The predicted molar refractivity (Wildman–Crippen MR) is 41.1 cm³/mol. The second kappa shape index (κ2) is 54.3. The monoisotopic (exact) mass is 186 g/mol. The molecule has 0 aliphatic carbocycles. The minimum atomic E-state index is -1.83. The molecule has 0 rings (SSSR count). The maximum absolute atomic E-state index is 8.56. The van der Waals surface area contributed by atoms with Gasteiger partial charge in [0.15, 0.2) is 0 Å².